The molecule has 7 heteroatoms. The maximum absolute atomic E-state index is 11.0. The van der Waals surface area contributed by atoms with Crippen molar-refractivity contribution < 1.29 is 22.7 Å². The van der Waals surface area contributed by atoms with E-state index in [1.165, 1.54) is 6.92 Å². The minimum atomic E-state index is -3.12. The number of rotatable bonds is 5. The number of ether oxygens (including phenoxy) is 1. The zero-order valence-corrected chi connectivity index (χ0v) is 9.59. The summed E-state index contributed by atoms with van der Waals surface area (Å²) >= 11 is 0. The Hall–Kier alpha value is -1.11. The molecule has 0 aliphatic rings. The predicted octanol–water partition coefficient (Wildman–Crippen LogP) is -0.900. The van der Waals surface area contributed by atoms with Crippen molar-refractivity contribution in [3.8, 4) is 0 Å². The molecule has 0 aliphatic heterocycles. The van der Waals surface area contributed by atoms with Gasteiger partial charge < -0.3 is 10.1 Å². The molecule has 1 N–H and O–H groups in total. The highest BCUT2D eigenvalue weighted by molar-refractivity contribution is 7.91. The van der Waals surface area contributed by atoms with Gasteiger partial charge in [-0.3, -0.25) is 4.79 Å². The molecule has 0 aromatic rings. The third kappa shape index (κ3) is 6.05. The molecule has 0 fully saturated rings. The Morgan fingerprint density at radius 1 is 1.27 bits per heavy atom. The SMILES string of the molecule is CCOC(=O)C(=O)NCCS(=O)(=O)CC. The summed E-state index contributed by atoms with van der Waals surface area (Å²) in [6.07, 6.45) is 0. The third-order valence-electron chi connectivity index (χ3n) is 1.60. The Morgan fingerprint density at radius 3 is 2.33 bits per heavy atom. The highest BCUT2D eigenvalue weighted by Crippen LogP contribution is 1.87. The fraction of sp³-hybridized carbons (Fsp3) is 0.750. The van der Waals surface area contributed by atoms with E-state index in [0.29, 0.717) is 0 Å². The maximum atomic E-state index is 11.0. The van der Waals surface area contributed by atoms with Crippen molar-refractivity contribution in [1.82, 2.24) is 5.32 Å². The standard InChI is InChI=1S/C8H15NO5S/c1-3-14-8(11)7(10)9-5-6-15(12,13)4-2/h3-6H2,1-2H3,(H,9,10). The number of amides is 1. The fourth-order valence-electron chi connectivity index (χ4n) is 0.733. The van der Waals surface area contributed by atoms with Crippen LogP contribution in [0.5, 0.6) is 0 Å². The van der Waals surface area contributed by atoms with Crippen LogP contribution < -0.4 is 5.32 Å². The molecule has 0 radical (unpaired) electrons. The number of carbonyl (C=O) groups is 2. The summed E-state index contributed by atoms with van der Waals surface area (Å²) in [5.41, 5.74) is 0. The molecular formula is C8H15NO5S. The summed E-state index contributed by atoms with van der Waals surface area (Å²) in [6.45, 7) is 3.13. The zero-order valence-electron chi connectivity index (χ0n) is 8.78. The van der Waals surface area contributed by atoms with Gasteiger partial charge >= 0.3 is 11.9 Å². The lowest BCUT2D eigenvalue weighted by Crippen LogP contribution is -2.35. The van der Waals surface area contributed by atoms with Crippen molar-refractivity contribution in [2.45, 2.75) is 13.8 Å². The van der Waals surface area contributed by atoms with Gasteiger partial charge in [-0.2, -0.15) is 0 Å². The molecule has 0 saturated carbocycles. The number of carbonyl (C=O) groups excluding carboxylic acids is 2. The Labute approximate surface area is 88.9 Å². The number of nitrogens with one attached hydrogen (secondary N) is 1. The highest BCUT2D eigenvalue weighted by Gasteiger charge is 2.15. The maximum Gasteiger partial charge on any atom is 0.396 e. The Bertz CT molecular complexity index is 322. The molecule has 0 bridgehead atoms. The van der Waals surface area contributed by atoms with Crippen molar-refractivity contribution in [2.75, 3.05) is 24.7 Å². The summed E-state index contributed by atoms with van der Waals surface area (Å²) in [4.78, 5) is 21.7. The third-order valence-corrected chi connectivity index (χ3v) is 3.31. The van der Waals surface area contributed by atoms with Crippen LogP contribution in [0.2, 0.25) is 0 Å². The van der Waals surface area contributed by atoms with Crippen molar-refractivity contribution in [3.63, 3.8) is 0 Å². The molecule has 0 unspecified atom stereocenters. The van der Waals surface area contributed by atoms with Gasteiger partial charge in [0, 0.05) is 12.3 Å². The second-order valence-electron chi connectivity index (χ2n) is 2.71. The van der Waals surface area contributed by atoms with E-state index in [4.69, 9.17) is 0 Å². The number of sulfone groups is 1. The largest absolute Gasteiger partial charge is 0.459 e. The summed E-state index contributed by atoms with van der Waals surface area (Å²) in [5.74, 6) is -2.06. The minimum Gasteiger partial charge on any atom is -0.459 e. The molecule has 0 aliphatic carbocycles. The monoisotopic (exact) mass is 237 g/mol. The summed E-state index contributed by atoms with van der Waals surface area (Å²) in [6, 6.07) is 0. The van der Waals surface area contributed by atoms with Gasteiger partial charge in [-0.1, -0.05) is 6.92 Å². The molecule has 0 aromatic heterocycles. The van der Waals surface area contributed by atoms with Gasteiger partial charge in [0.2, 0.25) is 0 Å². The van der Waals surface area contributed by atoms with E-state index >= 15 is 0 Å². The summed E-state index contributed by atoms with van der Waals surface area (Å²) in [7, 11) is -3.12. The van der Waals surface area contributed by atoms with Crippen LogP contribution in [-0.4, -0.2) is 45.0 Å². The lowest BCUT2D eigenvalue weighted by molar-refractivity contribution is -0.154. The van der Waals surface area contributed by atoms with Crippen LogP contribution in [0.1, 0.15) is 13.8 Å². The van der Waals surface area contributed by atoms with Gasteiger partial charge in [-0.05, 0) is 6.92 Å². The van der Waals surface area contributed by atoms with Crippen LogP contribution in [0.3, 0.4) is 0 Å². The lowest BCUT2D eigenvalue weighted by atomic mass is 10.6. The number of hydrogen-bond acceptors (Lipinski definition) is 5. The van der Waals surface area contributed by atoms with Gasteiger partial charge in [0.1, 0.15) is 0 Å². The molecule has 0 heterocycles. The first kappa shape index (κ1) is 13.9. The van der Waals surface area contributed by atoms with Crippen LogP contribution in [0.4, 0.5) is 0 Å². The Balaban J connectivity index is 3.88. The average molecular weight is 237 g/mol. The molecule has 6 nitrogen and oxygen atoms in total. The molecule has 1 amide bonds. The molecule has 15 heavy (non-hydrogen) atoms. The first-order valence-electron chi connectivity index (χ1n) is 4.58. The van der Waals surface area contributed by atoms with Crippen molar-refractivity contribution in [2.24, 2.45) is 0 Å². The summed E-state index contributed by atoms with van der Waals surface area (Å²) in [5, 5.41) is 2.17. The first-order valence-corrected chi connectivity index (χ1v) is 6.40. The van der Waals surface area contributed by atoms with E-state index < -0.39 is 21.7 Å². The average Bonchev–Trinajstić information content (AvgIpc) is 2.18. The predicted molar refractivity (Wildman–Crippen MR) is 54.0 cm³/mol. The van der Waals surface area contributed by atoms with Crippen LogP contribution in [-0.2, 0) is 24.2 Å². The van der Waals surface area contributed by atoms with Gasteiger partial charge in [0.25, 0.3) is 0 Å². The van der Waals surface area contributed by atoms with E-state index in [1.54, 1.807) is 6.92 Å². The van der Waals surface area contributed by atoms with Crippen LogP contribution in [0.25, 0.3) is 0 Å². The first-order chi connectivity index (χ1) is 6.93. The van der Waals surface area contributed by atoms with Gasteiger partial charge in [0.15, 0.2) is 9.84 Å². The smallest absolute Gasteiger partial charge is 0.396 e. The molecule has 88 valence electrons. The number of hydrogen-bond donors (Lipinski definition) is 1. The zero-order chi connectivity index (χ0) is 11.9. The van der Waals surface area contributed by atoms with Gasteiger partial charge in [-0.25, -0.2) is 13.2 Å². The second kappa shape index (κ2) is 6.39. The van der Waals surface area contributed by atoms with Crippen molar-refractivity contribution in [1.29, 1.82) is 0 Å². The van der Waals surface area contributed by atoms with Crippen LogP contribution >= 0.6 is 0 Å². The second-order valence-corrected chi connectivity index (χ2v) is 5.19. The molecule has 0 rings (SSSR count). The van der Waals surface area contributed by atoms with E-state index in [2.05, 4.69) is 10.1 Å². The Kier molecular flexibility index (Phi) is 5.92. The normalized spacial score (nSPS) is 10.8. The van der Waals surface area contributed by atoms with Gasteiger partial charge in [-0.15, -0.1) is 0 Å². The van der Waals surface area contributed by atoms with Crippen molar-refractivity contribution in [3.05, 3.63) is 0 Å². The number of esters is 1. The van der Waals surface area contributed by atoms with Crippen LogP contribution in [0.15, 0.2) is 0 Å². The van der Waals surface area contributed by atoms with E-state index in [0.717, 1.165) is 0 Å². The van der Waals surface area contributed by atoms with Gasteiger partial charge in [0.05, 0.1) is 12.4 Å². The molecule has 0 aromatic carbocycles. The van der Waals surface area contributed by atoms with E-state index in [9.17, 15) is 18.0 Å². The Morgan fingerprint density at radius 2 is 1.87 bits per heavy atom. The highest BCUT2D eigenvalue weighted by atomic mass is 32.2. The quantitative estimate of drug-likeness (QED) is 0.494. The van der Waals surface area contributed by atoms with E-state index in [-0.39, 0.29) is 24.7 Å². The van der Waals surface area contributed by atoms with Crippen molar-refractivity contribution >= 4 is 21.7 Å². The fourth-order valence-corrected chi connectivity index (χ4v) is 1.43. The summed E-state index contributed by atoms with van der Waals surface area (Å²) < 4.78 is 26.4. The molecule has 0 saturated heterocycles. The molecule has 0 spiro atoms. The lowest BCUT2D eigenvalue weighted by Gasteiger charge is -2.04. The van der Waals surface area contributed by atoms with E-state index in [1.807, 2.05) is 0 Å². The molecule has 0 atom stereocenters. The molecular weight excluding hydrogens is 222 g/mol. The van der Waals surface area contributed by atoms with Crippen LogP contribution in [0, 0.1) is 0 Å². The minimum absolute atomic E-state index is 0.0161. The topological polar surface area (TPSA) is 89.5 Å².